The number of hydrogen-bond donors (Lipinski definition) is 1. The number of fused-ring (bicyclic) bond motifs is 1. The molecule has 27 heavy (non-hydrogen) atoms. The minimum atomic E-state index is -0.893. The van der Waals surface area contributed by atoms with Gasteiger partial charge in [-0.2, -0.15) is 0 Å². The molecule has 1 aliphatic rings. The van der Waals surface area contributed by atoms with Crippen LogP contribution in [0.1, 0.15) is 46.5 Å². The molecule has 2 aromatic carbocycles. The second kappa shape index (κ2) is 7.53. The van der Waals surface area contributed by atoms with Gasteiger partial charge in [-0.25, -0.2) is 0 Å². The predicted molar refractivity (Wildman–Crippen MR) is 105 cm³/mol. The molecule has 0 fully saturated rings. The molecule has 1 N–H and O–H groups in total. The average molecular weight is 385 g/mol. The van der Waals surface area contributed by atoms with Crippen molar-refractivity contribution >= 4 is 35.0 Å². The van der Waals surface area contributed by atoms with Gasteiger partial charge in [0.15, 0.2) is 0 Å². The number of carbonyl (C=O) groups is 3. The highest BCUT2D eigenvalue weighted by atomic mass is 35.5. The van der Waals surface area contributed by atoms with Gasteiger partial charge in [-0.1, -0.05) is 43.6 Å². The second-order valence-electron chi connectivity index (χ2n) is 7.07. The van der Waals surface area contributed by atoms with Crippen molar-refractivity contribution < 1.29 is 14.4 Å². The second-order valence-corrected chi connectivity index (χ2v) is 7.48. The number of halogens is 1. The van der Waals surface area contributed by atoms with Crippen molar-refractivity contribution in [2.24, 2.45) is 5.92 Å². The van der Waals surface area contributed by atoms with Crippen molar-refractivity contribution in [2.75, 3.05) is 5.32 Å². The van der Waals surface area contributed by atoms with E-state index in [-0.39, 0.29) is 5.92 Å². The first-order valence-corrected chi connectivity index (χ1v) is 9.22. The first kappa shape index (κ1) is 19.1. The minimum absolute atomic E-state index is 0.116. The fraction of sp³-hybridized carbons (Fsp3) is 0.286. The summed E-state index contributed by atoms with van der Waals surface area (Å²) in [6.07, 6.45) is 0.372. The Bertz CT molecular complexity index is 888. The molecular weight excluding hydrogens is 364 g/mol. The molecule has 0 bridgehead atoms. The average Bonchev–Trinajstić information content (AvgIpc) is 2.88. The molecule has 3 amide bonds. The van der Waals surface area contributed by atoms with Crippen LogP contribution in [0.3, 0.4) is 0 Å². The molecule has 6 heteroatoms. The van der Waals surface area contributed by atoms with E-state index < -0.39 is 23.8 Å². The highest BCUT2D eigenvalue weighted by Gasteiger charge is 2.42. The molecule has 1 heterocycles. The highest BCUT2D eigenvalue weighted by Crippen LogP contribution is 2.28. The third-order valence-corrected chi connectivity index (χ3v) is 5.07. The number of amides is 3. The van der Waals surface area contributed by atoms with E-state index in [1.54, 1.807) is 49.4 Å². The summed E-state index contributed by atoms with van der Waals surface area (Å²) >= 11 is 6.13. The summed E-state index contributed by atoms with van der Waals surface area (Å²) < 4.78 is 0. The van der Waals surface area contributed by atoms with Gasteiger partial charge in [0.1, 0.15) is 6.04 Å². The molecule has 0 unspecified atom stereocenters. The number of imide groups is 1. The van der Waals surface area contributed by atoms with Gasteiger partial charge in [-0.3, -0.25) is 19.3 Å². The fourth-order valence-electron chi connectivity index (χ4n) is 3.23. The Hall–Kier alpha value is -2.66. The van der Waals surface area contributed by atoms with Crippen LogP contribution in [0.2, 0.25) is 5.02 Å². The van der Waals surface area contributed by atoms with E-state index in [9.17, 15) is 14.4 Å². The lowest BCUT2D eigenvalue weighted by molar-refractivity contribution is -0.120. The zero-order valence-electron chi connectivity index (χ0n) is 15.5. The summed E-state index contributed by atoms with van der Waals surface area (Å²) in [4.78, 5) is 39.7. The number of nitrogens with one attached hydrogen (secondary N) is 1. The minimum Gasteiger partial charge on any atom is -0.324 e. The van der Waals surface area contributed by atoms with Gasteiger partial charge >= 0.3 is 0 Å². The van der Waals surface area contributed by atoms with Crippen LogP contribution in [0.25, 0.3) is 0 Å². The number of carbonyl (C=O) groups excluding carboxylic acids is 3. The van der Waals surface area contributed by atoms with Crippen LogP contribution in [0, 0.1) is 12.8 Å². The third kappa shape index (κ3) is 3.60. The molecule has 5 nitrogen and oxygen atoms in total. The molecule has 0 radical (unpaired) electrons. The molecule has 3 rings (SSSR count). The summed E-state index contributed by atoms with van der Waals surface area (Å²) in [7, 11) is 0. The maximum atomic E-state index is 13.0. The maximum Gasteiger partial charge on any atom is 0.262 e. The Labute approximate surface area is 163 Å². The van der Waals surface area contributed by atoms with Crippen molar-refractivity contribution in [2.45, 2.75) is 33.2 Å². The first-order chi connectivity index (χ1) is 12.8. The largest absolute Gasteiger partial charge is 0.324 e. The Morgan fingerprint density at radius 1 is 1.04 bits per heavy atom. The lowest BCUT2D eigenvalue weighted by atomic mass is 10.0. The summed E-state index contributed by atoms with van der Waals surface area (Å²) in [5, 5.41) is 3.37. The van der Waals surface area contributed by atoms with E-state index in [4.69, 9.17) is 11.6 Å². The quantitative estimate of drug-likeness (QED) is 0.781. The molecule has 0 saturated heterocycles. The van der Waals surface area contributed by atoms with Crippen molar-refractivity contribution in [1.82, 2.24) is 4.90 Å². The van der Waals surface area contributed by atoms with E-state index in [2.05, 4.69) is 5.32 Å². The molecule has 1 aliphatic heterocycles. The number of benzene rings is 2. The zero-order valence-corrected chi connectivity index (χ0v) is 16.2. The highest BCUT2D eigenvalue weighted by molar-refractivity contribution is 6.31. The van der Waals surface area contributed by atoms with Crippen molar-refractivity contribution in [3.8, 4) is 0 Å². The van der Waals surface area contributed by atoms with Gasteiger partial charge in [-0.05, 0) is 49.1 Å². The maximum absolute atomic E-state index is 13.0. The van der Waals surface area contributed by atoms with E-state index in [1.165, 1.54) is 0 Å². The lowest BCUT2D eigenvalue weighted by Gasteiger charge is -2.27. The van der Waals surface area contributed by atoms with Crippen LogP contribution in [0.15, 0.2) is 42.5 Å². The third-order valence-electron chi connectivity index (χ3n) is 4.66. The number of nitrogens with zero attached hydrogens (tertiary/aromatic N) is 1. The Morgan fingerprint density at radius 3 is 2.19 bits per heavy atom. The normalized spacial score (nSPS) is 14.5. The van der Waals surface area contributed by atoms with Crippen molar-refractivity contribution in [3.63, 3.8) is 0 Å². The standard InChI is InChI=1S/C21H21ClN2O3/c1-12(2)11-18(19(25)23-17-10-6-9-16(22)13(17)3)24-20(26)14-7-4-5-8-15(14)21(24)27/h4-10,12,18H,11H2,1-3H3,(H,23,25)/t18-/m0/s1. The fourth-order valence-corrected chi connectivity index (χ4v) is 3.40. The zero-order chi connectivity index (χ0) is 19.7. The van der Waals surface area contributed by atoms with Gasteiger partial charge in [0.05, 0.1) is 11.1 Å². The van der Waals surface area contributed by atoms with Gasteiger partial charge in [0, 0.05) is 10.7 Å². The molecule has 140 valence electrons. The molecule has 0 saturated carbocycles. The Balaban J connectivity index is 1.93. The van der Waals surface area contributed by atoms with Crippen LogP contribution in [0.5, 0.6) is 0 Å². The number of anilines is 1. The molecule has 2 aromatic rings. The van der Waals surface area contributed by atoms with Crippen LogP contribution < -0.4 is 5.32 Å². The molecular formula is C21H21ClN2O3. The van der Waals surface area contributed by atoms with Gasteiger partial charge in [0.25, 0.3) is 11.8 Å². The summed E-state index contributed by atoms with van der Waals surface area (Å²) in [6.45, 7) is 5.70. The summed E-state index contributed by atoms with van der Waals surface area (Å²) in [6, 6.07) is 11.0. The smallest absolute Gasteiger partial charge is 0.262 e. The summed E-state index contributed by atoms with van der Waals surface area (Å²) in [5.41, 5.74) is 1.97. The predicted octanol–water partition coefficient (Wildman–Crippen LogP) is 4.30. The Morgan fingerprint density at radius 2 is 1.63 bits per heavy atom. The van der Waals surface area contributed by atoms with Gasteiger partial charge in [-0.15, -0.1) is 0 Å². The summed E-state index contributed by atoms with van der Waals surface area (Å²) in [5.74, 6) is -1.15. The van der Waals surface area contributed by atoms with E-state index >= 15 is 0 Å². The SMILES string of the molecule is Cc1c(Cl)cccc1NC(=O)[C@H](CC(C)C)N1C(=O)c2ccccc2C1=O. The lowest BCUT2D eigenvalue weighted by Crippen LogP contribution is -2.48. The van der Waals surface area contributed by atoms with E-state index in [0.29, 0.717) is 28.3 Å². The van der Waals surface area contributed by atoms with Crippen LogP contribution in [-0.2, 0) is 4.79 Å². The van der Waals surface area contributed by atoms with Crippen molar-refractivity contribution in [3.05, 3.63) is 64.2 Å². The van der Waals surface area contributed by atoms with Crippen LogP contribution >= 0.6 is 11.6 Å². The van der Waals surface area contributed by atoms with Crippen LogP contribution in [-0.4, -0.2) is 28.7 Å². The van der Waals surface area contributed by atoms with Gasteiger partial charge < -0.3 is 5.32 Å². The Kier molecular flexibility index (Phi) is 5.33. The molecule has 0 spiro atoms. The van der Waals surface area contributed by atoms with E-state index in [0.717, 1.165) is 10.5 Å². The molecule has 1 atom stereocenters. The first-order valence-electron chi connectivity index (χ1n) is 8.84. The monoisotopic (exact) mass is 384 g/mol. The number of hydrogen-bond acceptors (Lipinski definition) is 3. The topological polar surface area (TPSA) is 66.5 Å². The molecule has 0 aliphatic carbocycles. The van der Waals surface area contributed by atoms with Gasteiger partial charge in [0.2, 0.25) is 5.91 Å². The molecule has 0 aromatic heterocycles. The van der Waals surface area contributed by atoms with Crippen molar-refractivity contribution in [1.29, 1.82) is 0 Å². The number of rotatable bonds is 5. The van der Waals surface area contributed by atoms with Crippen LogP contribution in [0.4, 0.5) is 5.69 Å². The van der Waals surface area contributed by atoms with E-state index in [1.807, 2.05) is 13.8 Å².